The van der Waals surface area contributed by atoms with Crippen LogP contribution in [-0.2, 0) is 0 Å². The molecular weight excluding hydrogens is 136 g/mol. The highest BCUT2D eigenvalue weighted by Crippen LogP contribution is 1.99. The summed E-state index contributed by atoms with van der Waals surface area (Å²) >= 11 is 5.52. The molecule has 0 rings (SSSR count). The maximum atomic E-state index is 8.04. The van der Waals surface area contributed by atoms with Gasteiger partial charge >= 0.3 is 0 Å². The smallest absolute Gasteiger partial charge is 0.0912 e. The van der Waals surface area contributed by atoms with Gasteiger partial charge in [0.15, 0.2) is 0 Å². The highest BCUT2D eigenvalue weighted by atomic mass is 35.5. The molecule has 0 aromatic carbocycles. The van der Waals surface area contributed by atoms with E-state index in [4.69, 9.17) is 16.9 Å². The Morgan fingerprint density at radius 2 is 2.44 bits per heavy atom. The van der Waals surface area contributed by atoms with Gasteiger partial charge in [0.1, 0.15) is 0 Å². The monoisotopic (exact) mass is 142 g/mol. The molecule has 0 heterocycles. The third kappa shape index (κ3) is 4.92. The van der Waals surface area contributed by atoms with Gasteiger partial charge in [-0.05, 0) is 6.08 Å². The quantitative estimate of drug-likeness (QED) is 0.467. The lowest BCUT2D eigenvalue weighted by Crippen LogP contribution is -1.91. The van der Waals surface area contributed by atoms with Crippen molar-refractivity contribution in [2.24, 2.45) is 0 Å². The van der Waals surface area contributed by atoms with E-state index in [1.807, 2.05) is 6.07 Å². The zero-order valence-electron chi connectivity index (χ0n) is 5.06. The molecule has 3 heteroatoms. The number of halogens is 1. The largest absolute Gasteiger partial charge is 0.393 e. The summed E-state index contributed by atoms with van der Waals surface area (Å²) in [6.07, 6.45) is 4.42. The molecule has 0 aliphatic carbocycles. The van der Waals surface area contributed by atoms with Crippen LogP contribution in [0.2, 0.25) is 0 Å². The molecule has 48 valence electrons. The third-order valence-corrected chi connectivity index (χ3v) is 0.834. The molecule has 1 N–H and O–H groups in total. The van der Waals surface area contributed by atoms with E-state index >= 15 is 0 Å². The summed E-state index contributed by atoms with van der Waals surface area (Å²) in [4.78, 5) is 0. The van der Waals surface area contributed by atoms with Crippen molar-refractivity contribution in [2.45, 2.75) is 0 Å². The van der Waals surface area contributed by atoms with Gasteiger partial charge < -0.3 is 5.32 Å². The fraction of sp³-hybridized carbons (Fsp3) is 0.167. The van der Waals surface area contributed by atoms with Gasteiger partial charge in [-0.2, -0.15) is 5.26 Å². The number of hydrogen-bond donors (Lipinski definition) is 1. The van der Waals surface area contributed by atoms with Crippen LogP contribution in [-0.4, -0.2) is 7.05 Å². The first-order valence-electron chi connectivity index (χ1n) is 2.40. The van der Waals surface area contributed by atoms with Crippen LogP contribution in [0.1, 0.15) is 0 Å². The Morgan fingerprint density at radius 3 is 2.89 bits per heavy atom. The number of allylic oxidation sites excluding steroid dienone is 3. The number of nitrogens with one attached hydrogen (secondary N) is 1. The second-order valence-corrected chi connectivity index (χ2v) is 1.72. The second kappa shape index (κ2) is 5.20. The van der Waals surface area contributed by atoms with Gasteiger partial charge in [-0.1, -0.05) is 11.6 Å². The molecule has 0 saturated heterocycles. The highest BCUT2D eigenvalue weighted by Gasteiger charge is 1.78. The standard InChI is InChI=1S/C6H7ClN2/c1-9-5-6(7)3-2-4-8/h2-3,5,9H,1H3/b3-2+,6-5+. The van der Waals surface area contributed by atoms with E-state index in [2.05, 4.69) is 5.32 Å². The Hall–Kier alpha value is -0.940. The van der Waals surface area contributed by atoms with E-state index in [9.17, 15) is 0 Å². The van der Waals surface area contributed by atoms with Crippen LogP contribution < -0.4 is 5.32 Å². The van der Waals surface area contributed by atoms with Gasteiger partial charge in [-0.25, -0.2) is 0 Å². The molecule has 0 unspecified atom stereocenters. The van der Waals surface area contributed by atoms with Crippen LogP contribution in [0.15, 0.2) is 23.4 Å². The zero-order valence-corrected chi connectivity index (χ0v) is 5.81. The maximum Gasteiger partial charge on any atom is 0.0912 e. The lowest BCUT2D eigenvalue weighted by atomic mass is 10.5. The van der Waals surface area contributed by atoms with Gasteiger partial charge in [0.05, 0.1) is 11.1 Å². The van der Waals surface area contributed by atoms with Crippen molar-refractivity contribution in [2.75, 3.05) is 7.05 Å². The average molecular weight is 143 g/mol. The Kier molecular flexibility index (Phi) is 4.66. The van der Waals surface area contributed by atoms with Crippen LogP contribution in [0.5, 0.6) is 0 Å². The van der Waals surface area contributed by atoms with E-state index in [0.717, 1.165) is 0 Å². The molecule has 0 aliphatic heterocycles. The van der Waals surface area contributed by atoms with E-state index in [1.165, 1.54) is 12.2 Å². The summed E-state index contributed by atoms with van der Waals surface area (Å²) < 4.78 is 0. The fourth-order valence-corrected chi connectivity index (χ4v) is 0.475. The van der Waals surface area contributed by atoms with Crippen molar-refractivity contribution < 1.29 is 0 Å². The maximum absolute atomic E-state index is 8.04. The molecule has 0 spiro atoms. The Labute approximate surface area is 59.4 Å². The van der Waals surface area contributed by atoms with Gasteiger partial charge in [-0.15, -0.1) is 0 Å². The van der Waals surface area contributed by atoms with Crippen LogP contribution in [0, 0.1) is 11.3 Å². The molecule has 0 aliphatic rings. The predicted octanol–water partition coefficient (Wildman–Crippen LogP) is 1.37. The van der Waals surface area contributed by atoms with Crippen LogP contribution in [0.4, 0.5) is 0 Å². The molecule has 0 amide bonds. The van der Waals surface area contributed by atoms with E-state index in [-0.39, 0.29) is 0 Å². The van der Waals surface area contributed by atoms with Crippen molar-refractivity contribution in [1.29, 1.82) is 5.26 Å². The third-order valence-electron chi connectivity index (χ3n) is 0.599. The first kappa shape index (κ1) is 8.06. The van der Waals surface area contributed by atoms with Crippen LogP contribution >= 0.6 is 11.6 Å². The summed E-state index contributed by atoms with van der Waals surface area (Å²) in [5, 5.41) is 11.3. The van der Waals surface area contributed by atoms with Gasteiger partial charge in [0.25, 0.3) is 0 Å². The average Bonchev–Trinajstić information content (AvgIpc) is 1.85. The summed E-state index contributed by atoms with van der Waals surface area (Å²) in [6, 6.07) is 1.82. The SMILES string of the molecule is CN/C=C(Cl)\C=C\C#N. The van der Waals surface area contributed by atoms with E-state index in [0.29, 0.717) is 5.03 Å². The lowest BCUT2D eigenvalue weighted by molar-refractivity contribution is 1.10. The van der Waals surface area contributed by atoms with Gasteiger partial charge in [0.2, 0.25) is 0 Å². The molecule has 0 aromatic rings. The van der Waals surface area contributed by atoms with Crippen molar-refractivity contribution in [3.05, 3.63) is 23.4 Å². The second-order valence-electron chi connectivity index (χ2n) is 1.28. The van der Waals surface area contributed by atoms with Crippen molar-refractivity contribution in [3.8, 4) is 6.07 Å². The minimum absolute atomic E-state index is 0.513. The highest BCUT2D eigenvalue weighted by molar-refractivity contribution is 6.31. The number of nitriles is 1. The molecule has 0 atom stereocenters. The van der Waals surface area contributed by atoms with E-state index < -0.39 is 0 Å². The molecular formula is C6H7ClN2. The molecule has 0 aromatic heterocycles. The number of rotatable bonds is 2. The Balaban J connectivity index is 3.78. The molecule has 0 radical (unpaired) electrons. The zero-order chi connectivity index (χ0) is 7.11. The van der Waals surface area contributed by atoms with Crippen LogP contribution in [0.25, 0.3) is 0 Å². The molecule has 0 saturated carbocycles. The lowest BCUT2D eigenvalue weighted by Gasteiger charge is -1.85. The normalized spacial score (nSPS) is 11.4. The van der Waals surface area contributed by atoms with Crippen LogP contribution in [0.3, 0.4) is 0 Å². The summed E-state index contributed by atoms with van der Waals surface area (Å²) in [6.45, 7) is 0. The Bertz CT molecular complexity index is 164. The van der Waals surface area contributed by atoms with E-state index in [1.54, 1.807) is 13.2 Å². The van der Waals surface area contributed by atoms with Crippen molar-refractivity contribution in [1.82, 2.24) is 5.32 Å². The number of nitrogens with zero attached hydrogens (tertiary/aromatic N) is 1. The fourth-order valence-electron chi connectivity index (χ4n) is 0.303. The first-order chi connectivity index (χ1) is 4.31. The molecule has 2 nitrogen and oxygen atoms in total. The molecule has 9 heavy (non-hydrogen) atoms. The first-order valence-corrected chi connectivity index (χ1v) is 2.78. The van der Waals surface area contributed by atoms with Crippen molar-refractivity contribution >= 4 is 11.6 Å². The van der Waals surface area contributed by atoms with Gasteiger partial charge in [-0.3, -0.25) is 0 Å². The molecule has 0 bridgehead atoms. The minimum Gasteiger partial charge on any atom is -0.393 e. The molecule has 0 fully saturated rings. The topological polar surface area (TPSA) is 35.8 Å². The van der Waals surface area contributed by atoms with Crippen molar-refractivity contribution in [3.63, 3.8) is 0 Å². The number of hydrogen-bond acceptors (Lipinski definition) is 2. The Morgan fingerprint density at radius 1 is 1.78 bits per heavy atom. The summed E-state index contributed by atoms with van der Waals surface area (Å²) in [7, 11) is 1.74. The van der Waals surface area contributed by atoms with Gasteiger partial charge in [0, 0.05) is 19.3 Å². The summed E-state index contributed by atoms with van der Waals surface area (Å²) in [5.74, 6) is 0. The minimum atomic E-state index is 0.513. The predicted molar refractivity (Wildman–Crippen MR) is 37.7 cm³/mol. The summed E-state index contributed by atoms with van der Waals surface area (Å²) in [5.41, 5.74) is 0.